The normalized spacial score (nSPS) is 20.1. The van der Waals surface area contributed by atoms with E-state index in [1.807, 2.05) is 0 Å². The first-order valence-corrected chi connectivity index (χ1v) is 8.09. The molecule has 1 aromatic rings. The van der Waals surface area contributed by atoms with Gasteiger partial charge in [-0.15, -0.1) is 0 Å². The molecule has 0 bridgehead atoms. The zero-order valence-corrected chi connectivity index (χ0v) is 13.5. The van der Waals surface area contributed by atoms with Gasteiger partial charge in [-0.25, -0.2) is 0 Å². The van der Waals surface area contributed by atoms with Gasteiger partial charge in [0, 0.05) is 18.7 Å². The van der Waals surface area contributed by atoms with E-state index in [2.05, 4.69) is 44.0 Å². The smallest absolute Gasteiger partial charge is 0.118 e. The van der Waals surface area contributed by atoms with Gasteiger partial charge in [0.15, 0.2) is 0 Å². The van der Waals surface area contributed by atoms with Crippen LogP contribution in [0.25, 0.3) is 0 Å². The minimum atomic E-state index is 0.692. The molecule has 3 heteroatoms. The van der Waals surface area contributed by atoms with Crippen LogP contribution in [0.15, 0.2) is 10.5 Å². The second-order valence-electron chi connectivity index (χ2n) is 6.62. The van der Waals surface area contributed by atoms with E-state index in [1.165, 1.54) is 31.5 Å². The van der Waals surface area contributed by atoms with Crippen molar-refractivity contribution >= 4 is 0 Å². The minimum absolute atomic E-state index is 0.692. The number of hydrogen-bond acceptors (Lipinski definition) is 3. The summed E-state index contributed by atoms with van der Waals surface area (Å²) in [5.41, 5.74) is 1.31. The van der Waals surface area contributed by atoms with E-state index in [4.69, 9.17) is 4.42 Å². The Labute approximate surface area is 123 Å². The summed E-state index contributed by atoms with van der Waals surface area (Å²) in [5.74, 6) is 3.78. The molecule has 0 aliphatic carbocycles. The van der Waals surface area contributed by atoms with Crippen LogP contribution in [0.4, 0.5) is 0 Å². The molecule has 1 saturated heterocycles. The summed E-state index contributed by atoms with van der Waals surface area (Å²) in [6.07, 6.45) is 2.65. The van der Waals surface area contributed by atoms with Crippen LogP contribution in [0.3, 0.4) is 0 Å². The molecular formula is C17H30N2O. The Morgan fingerprint density at radius 2 is 2.25 bits per heavy atom. The maximum atomic E-state index is 5.92. The fourth-order valence-corrected chi connectivity index (χ4v) is 2.95. The average Bonchev–Trinajstić information content (AvgIpc) is 2.97. The van der Waals surface area contributed by atoms with Crippen LogP contribution in [-0.2, 0) is 13.1 Å². The van der Waals surface area contributed by atoms with E-state index in [-0.39, 0.29) is 0 Å². The van der Waals surface area contributed by atoms with Crippen LogP contribution in [0, 0.1) is 18.8 Å². The number of likely N-dealkylation sites (tertiary alicyclic amines) is 1. The maximum absolute atomic E-state index is 5.92. The highest BCUT2D eigenvalue weighted by Gasteiger charge is 2.22. The number of nitrogens with one attached hydrogen (secondary N) is 1. The van der Waals surface area contributed by atoms with Gasteiger partial charge in [-0.05, 0) is 44.3 Å². The van der Waals surface area contributed by atoms with Crippen molar-refractivity contribution in [1.29, 1.82) is 0 Å². The van der Waals surface area contributed by atoms with Crippen LogP contribution in [0.5, 0.6) is 0 Å². The summed E-state index contributed by atoms with van der Waals surface area (Å²) in [4.78, 5) is 2.53. The molecule has 0 spiro atoms. The molecule has 1 aliphatic rings. The lowest BCUT2D eigenvalue weighted by Crippen LogP contribution is -2.20. The molecule has 1 unspecified atom stereocenters. The van der Waals surface area contributed by atoms with Gasteiger partial charge in [0.1, 0.15) is 11.5 Å². The summed E-state index contributed by atoms with van der Waals surface area (Å²) in [5, 5.41) is 3.49. The molecule has 2 heterocycles. The van der Waals surface area contributed by atoms with Crippen LogP contribution in [0.1, 0.15) is 50.7 Å². The molecule has 1 aromatic heterocycles. The Kier molecular flexibility index (Phi) is 5.67. The van der Waals surface area contributed by atoms with Gasteiger partial charge in [-0.3, -0.25) is 4.90 Å². The standard InChI is InChI=1S/C17H30N2O/c1-5-15-6-7-19(11-15)12-17-8-16(14(4)20-17)10-18-9-13(2)3/h8,13,15,18H,5-7,9-12H2,1-4H3. The zero-order chi connectivity index (χ0) is 14.5. The second-order valence-corrected chi connectivity index (χ2v) is 6.62. The Morgan fingerprint density at radius 3 is 2.90 bits per heavy atom. The topological polar surface area (TPSA) is 28.4 Å². The lowest BCUT2D eigenvalue weighted by Gasteiger charge is -2.13. The van der Waals surface area contributed by atoms with Crippen LogP contribution < -0.4 is 5.32 Å². The number of furan rings is 1. The summed E-state index contributed by atoms with van der Waals surface area (Å²) >= 11 is 0. The van der Waals surface area contributed by atoms with Crippen LogP contribution in [0.2, 0.25) is 0 Å². The first-order valence-electron chi connectivity index (χ1n) is 8.09. The predicted molar refractivity (Wildman–Crippen MR) is 83.7 cm³/mol. The lowest BCUT2D eigenvalue weighted by molar-refractivity contribution is 0.283. The maximum Gasteiger partial charge on any atom is 0.118 e. The van der Waals surface area contributed by atoms with Gasteiger partial charge in [-0.1, -0.05) is 27.2 Å². The van der Waals surface area contributed by atoms with Gasteiger partial charge in [0.05, 0.1) is 6.54 Å². The van der Waals surface area contributed by atoms with Gasteiger partial charge in [0.25, 0.3) is 0 Å². The fourth-order valence-electron chi connectivity index (χ4n) is 2.95. The monoisotopic (exact) mass is 278 g/mol. The fraction of sp³-hybridized carbons (Fsp3) is 0.765. The molecule has 114 valence electrons. The highest BCUT2D eigenvalue weighted by molar-refractivity contribution is 5.20. The van der Waals surface area contributed by atoms with Crippen molar-refractivity contribution in [3.8, 4) is 0 Å². The van der Waals surface area contributed by atoms with Gasteiger partial charge in [-0.2, -0.15) is 0 Å². The molecular weight excluding hydrogens is 248 g/mol. The van der Waals surface area contributed by atoms with E-state index in [0.29, 0.717) is 5.92 Å². The van der Waals surface area contributed by atoms with Crippen LogP contribution in [-0.4, -0.2) is 24.5 Å². The molecule has 2 rings (SSSR count). The van der Waals surface area contributed by atoms with Crippen molar-refractivity contribution in [1.82, 2.24) is 10.2 Å². The Hall–Kier alpha value is -0.800. The average molecular weight is 278 g/mol. The SMILES string of the molecule is CCC1CCN(Cc2cc(CNCC(C)C)c(C)o2)C1. The summed E-state index contributed by atoms with van der Waals surface area (Å²) in [7, 11) is 0. The van der Waals surface area contributed by atoms with Gasteiger partial charge < -0.3 is 9.73 Å². The predicted octanol–water partition coefficient (Wildman–Crippen LogP) is 3.57. The highest BCUT2D eigenvalue weighted by Crippen LogP contribution is 2.23. The van der Waals surface area contributed by atoms with Crippen molar-refractivity contribution in [2.75, 3.05) is 19.6 Å². The highest BCUT2D eigenvalue weighted by atomic mass is 16.3. The molecule has 0 saturated carbocycles. The minimum Gasteiger partial charge on any atom is -0.465 e. The van der Waals surface area contributed by atoms with Gasteiger partial charge >= 0.3 is 0 Å². The molecule has 1 aliphatic heterocycles. The van der Waals surface area contributed by atoms with E-state index >= 15 is 0 Å². The Bertz CT molecular complexity index is 411. The zero-order valence-electron chi connectivity index (χ0n) is 13.5. The molecule has 1 N–H and O–H groups in total. The van der Waals surface area contributed by atoms with Crippen molar-refractivity contribution in [2.45, 2.75) is 53.6 Å². The first-order chi connectivity index (χ1) is 9.58. The largest absolute Gasteiger partial charge is 0.465 e. The van der Waals surface area contributed by atoms with Crippen molar-refractivity contribution in [3.05, 3.63) is 23.2 Å². The van der Waals surface area contributed by atoms with E-state index in [1.54, 1.807) is 0 Å². The molecule has 0 radical (unpaired) electrons. The number of nitrogens with zero attached hydrogens (tertiary/aromatic N) is 1. The number of hydrogen-bond donors (Lipinski definition) is 1. The molecule has 1 atom stereocenters. The van der Waals surface area contributed by atoms with E-state index < -0.39 is 0 Å². The molecule has 20 heavy (non-hydrogen) atoms. The van der Waals surface area contributed by atoms with Gasteiger partial charge in [0.2, 0.25) is 0 Å². The van der Waals surface area contributed by atoms with E-state index in [0.717, 1.165) is 37.1 Å². The third kappa shape index (κ3) is 4.35. The lowest BCUT2D eigenvalue weighted by atomic mass is 10.1. The Morgan fingerprint density at radius 1 is 1.45 bits per heavy atom. The van der Waals surface area contributed by atoms with Crippen molar-refractivity contribution in [2.24, 2.45) is 11.8 Å². The first kappa shape index (κ1) is 15.6. The number of rotatable bonds is 7. The molecule has 1 fully saturated rings. The van der Waals surface area contributed by atoms with Crippen molar-refractivity contribution in [3.63, 3.8) is 0 Å². The molecule has 0 amide bonds. The molecule has 3 nitrogen and oxygen atoms in total. The Balaban J connectivity index is 1.84. The van der Waals surface area contributed by atoms with E-state index in [9.17, 15) is 0 Å². The molecule has 0 aromatic carbocycles. The number of aryl methyl sites for hydroxylation is 1. The second kappa shape index (κ2) is 7.28. The van der Waals surface area contributed by atoms with Crippen LogP contribution >= 0.6 is 0 Å². The third-order valence-corrected chi connectivity index (χ3v) is 4.27. The third-order valence-electron chi connectivity index (χ3n) is 4.27. The van der Waals surface area contributed by atoms with Crippen molar-refractivity contribution < 1.29 is 4.42 Å². The summed E-state index contributed by atoms with van der Waals surface area (Å²) < 4.78 is 5.92. The summed E-state index contributed by atoms with van der Waals surface area (Å²) in [6, 6.07) is 2.24. The summed E-state index contributed by atoms with van der Waals surface area (Å²) in [6.45, 7) is 14.3. The quantitative estimate of drug-likeness (QED) is 0.826.